The van der Waals surface area contributed by atoms with Crippen LogP contribution in [0, 0.1) is 5.82 Å². The van der Waals surface area contributed by atoms with Crippen molar-refractivity contribution in [2.75, 3.05) is 17.6 Å². The smallest absolute Gasteiger partial charge is 0.123 e. The fourth-order valence-electron chi connectivity index (χ4n) is 2.14. The zero-order chi connectivity index (χ0) is 13.2. The van der Waals surface area contributed by atoms with E-state index in [9.17, 15) is 4.39 Å². The fourth-order valence-corrected chi connectivity index (χ4v) is 3.61. The molecule has 3 rings (SSSR count). The number of fused-ring (bicyclic) bond motifs is 1. The number of alkyl halides is 1. The number of rotatable bonds is 4. The van der Waals surface area contributed by atoms with E-state index in [1.807, 2.05) is 12.1 Å². The summed E-state index contributed by atoms with van der Waals surface area (Å²) >= 11 is 7.97. The Kier molecular flexibility index (Phi) is 3.71. The molecule has 1 aliphatic heterocycles. The number of aromatic nitrogens is 1. The highest BCUT2D eigenvalue weighted by Gasteiger charge is 2.23. The van der Waals surface area contributed by atoms with Crippen LogP contribution in [0.25, 0.3) is 0 Å². The lowest BCUT2D eigenvalue weighted by Gasteiger charge is -2.05. The van der Waals surface area contributed by atoms with E-state index in [2.05, 4.69) is 16.4 Å². The maximum Gasteiger partial charge on any atom is 0.123 e. The van der Waals surface area contributed by atoms with Crippen LogP contribution < -0.4 is 5.32 Å². The van der Waals surface area contributed by atoms with Gasteiger partial charge in [-0.05, 0) is 30.2 Å². The Hall–Kier alpha value is -1.13. The van der Waals surface area contributed by atoms with Crippen molar-refractivity contribution >= 4 is 29.2 Å². The number of hydrogen-bond donors (Lipinski definition) is 2. The minimum Gasteiger partial charge on any atom is -0.371 e. The number of benzene rings is 1. The van der Waals surface area contributed by atoms with Gasteiger partial charge in [0.1, 0.15) is 11.6 Å². The predicted molar refractivity (Wildman–Crippen MR) is 78.7 cm³/mol. The standard InChI is InChI=1S/C14H14ClFN2S/c15-11-8-19-12-7-13(18-14(11)12)17-6-5-9-1-3-10(16)4-2-9/h1-4,7,11,17-18H,5-6,8H2. The normalized spacial score (nSPS) is 17.5. The Labute approximate surface area is 120 Å². The van der Waals surface area contributed by atoms with Crippen molar-refractivity contribution in [1.82, 2.24) is 4.98 Å². The molecule has 0 bridgehead atoms. The van der Waals surface area contributed by atoms with Crippen molar-refractivity contribution in [3.63, 3.8) is 0 Å². The fraction of sp³-hybridized carbons (Fsp3) is 0.286. The molecule has 1 aliphatic rings. The van der Waals surface area contributed by atoms with E-state index in [-0.39, 0.29) is 11.2 Å². The summed E-state index contributed by atoms with van der Waals surface area (Å²) in [6.45, 7) is 0.808. The Morgan fingerprint density at radius 2 is 2.16 bits per heavy atom. The molecular weight excluding hydrogens is 283 g/mol. The maximum atomic E-state index is 12.8. The van der Waals surface area contributed by atoms with Crippen LogP contribution >= 0.6 is 23.4 Å². The van der Waals surface area contributed by atoms with E-state index >= 15 is 0 Å². The van der Waals surface area contributed by atoms with Gasteiger partial charge in [-0.25, -0.2) is 4.39 Å². The van der Waals surface area contributed by atoms with Crippen LogP contribution in [-0.4, -0.2) is 17.3 Å². The summed E-state index contributed by atoms with van der Waals surface area (Å²) in [4.78, 5) is 4.55. The third kappa shape index (κ3) is 2.90. The van der Waals surface area contributed by atoms with Gasteiger partial charge in [-0.3, -0.25) is 0 Å². The molecule has 19 heavy (non-hydrogen) atoms. The van der Waals surface area contributed by atoms with Crippen LogP contribution in [0.15, 0.2) is 35.2 Å². The van der Waals surface area contributed by atoms with Crippen molar-refractivity contribution in [3.05, 3.63) is 47.4 Å². The molecule has 5 heteroatoms. The number of halogens is 2. The zero-order valence-electron chi connectivity index (χ0n) is 10.2. The Balaban J connectivity index is 1.55. The van der Waals surface area contributed by atoms with Gasteiger partial charge >= 0.3 is 0 Å². The second-order valence-corrected chi connectivity index (χ2v) is 6.13. The summed E-state index contributed by atoms with van der Waals surface area (Å²) in [5.41, 5.74) is 2.24. The molecular formula is C14H14ClFN2S. The van der Waals surface area contributed by atoms with Crippen LogP contribution in [0.2, 0.25) is 0 Å². The van der Waals surface area contributed by atoms with Crippen LogP contribution in [0.3, 0.4) is 0 Å². The molecule has 0 amide bonds. The molecule has 100 valence electrons. The second-order valence-electron chi connectivity index (χ2n) is 4.54. The largest absolute Gasteiger partial charge is 0.371 e. The molecule has 1 unspecified atom stereocenters. The number of hydrogen-bond acceptors (Lipinski definition) is 2. The van der Waals surface area contributed by atoms with Gasteiger partial charge in [0.25, 0.3) is 0 Å². The first-order valence-electron chi connectivity index (χ1n) is 6.20. The summed E-state index contributed by atoms with van der Waals surface area (Å²) in [5, 5.41) is 3.43. The van der Waals surface area contributed by atoms with Crippen molar-refractivity contribution in [3.8, 4) is 0 Å². The molecule has 1 aromatic carbocycles. The molecule has 2 aromatic rings. The monoisotopic (exact) mass is 296 g/mol. The van der Waals surface area contributed by atoms with Gasteiger partial charge < -0.3 is 10.3 Å². The highest BCUT2D eigenvalue weighted by molar-refractivity contribution is 7.99. The molecule has 0 saturated carbocycles. The second kappa shape index (κ2) is 5.47. The van der Waals surface area contributed by atoms with Crippen LogP contribution in [0.1, 0.15) is 16.6 Å². The van der Waals surface area contributed by atoms with E-state index in [0.29, 0.717) is 0 Å². The van der Waals surface area contributed by atoms with E-state index in [4.69, 9.17) is 11.6 Å². The molecule has 0 spiro atoms. The van der Waals surface area contributed by atoms with Crippen molar-refractivity contribution in [2.45, 2.75) is 16.7 Å². The van der Waals surface area contributed by atoms with E-state index in [1.165, 1.54) is 17.0 Å². The predicted octanol–water partition coefficient (Wildman–Crippen LogP) is 4.19. The maximum absolute atomic E-state index is 12.8. The Bertz CT molecular complexity index is 567. The molecule has 1 aromatic heterocycles. The third-order valence-corrected chi connectivity index (χ3v) is 4.86. The number of H-pyrrole nitrogens is 1. The van der Waals surface area contributed by atoms with Gasteiger partial charge in [-0.1, -0.05) is 12.1 Å². The van der Waals surface area contributed by atoms with Crippen LogP contribution in [0.5, 0.6) is 0 Å². The zero-order valence-corrected chi connectivity index (χ0v) is 11.8. The number of anilines is 1. The first-order chi connectivity index (χ1) is 9.22. The quantitative estimate of drug-likeness (QED) is 0.828. The molecule has 0 saturated heterocycles. The molecule has 2 heterocycles. The van der Waals surface area contributed by atoms with E-state index in [1.54, 1.807) is 11.8 Å². The number of nitrogens with one attached hydrogen (secondary N) is 2. The molecule has 0 fully saturated rings. The van der Waals surface area contributed by atoms with Crippen molar-refractivity contribution in [2.24, 2.45) is 0 Å². The van der Waals surface area contributed by atoms with E-state index in [0.717, 1.165) is 35.8 Å². The average molecular weight is 297 g/mol. The summed E-state index contributed by atoms with van der Waals surface area (Å²) in [5.74, 6) is 1.76. The Morgan fingerprint density at radius 3 is 2.89 bits per heavy atom. The molecule has 0 radical (unpaired) electrons. The number of thioether (sulfide) groups is 1. The summed E-state index contributed by atoms with van der Waals surface area (Å²) in [7, 11) is 0. The Morgan fingerprint density at radius 1 is 1.37 bits per heavy atom. The molecule has 2 nitrogen and oxygen atoms in total. The summed E-state index contributed by atoms with van der Waals surface area (Å²) in [6.07, 6.45) is 0.863. The van der Waals surface area contributed by atoms with Crippen molar-refractivity contribution < 1.29 is 4.39 Å². The SMILES string of the molecule is Fc1ccc(CCNc2cc3c([nH]2)C(Cl)CS3)cc1. The minimum atomic E-state index is -0.192. The average Bonchev–Trinajstić information content (AvgIpc) is 2.95. The first-order valence-corrected chi connectivity index (χ1v) is 7.62. The third-order valence-electron chi connectivity index (χ3n) is 3.15. The first kappa shape index (κ1) is 12.9. The van der Waals surface area contributed by atoms with Gasteiger partial charge in [-0.15, -0.1) is 23.4 Å². The van der Waals surface area contributed by atoms with Gasteiger partial charge in [0, 0.05) is 22.9 Å². The van der Waals surface area contributed by atoms with Crippen LogP contribution in [0.4, 0.5) is 10.2 Å². The number of aromatic amines is 1. The highest BCUT2D eigenvalue weighted by atomic mass is 35.5. The molecule has 0 aliphatic carbocycles. The molecule has 1 atom stereocenters. The van der Waals surface area contributed by atoms with Gasteiger partial charge in [-0.2, -0.15) is 0 Å². The van der Waals surface area contributed by atoms with E-state index < -0.39 is 0 Å². The lowest BCUT2D eigenvalue weighted by molar-refractivity contribution is 0.627. The molecule has 2 N–H and O–H groups in total. The van der Waals surface area contributed by atoms with Crippen LogP contribution in [-0.2, 0) is 6.42 Å². The summed E-state index contributed by atoms with van der Waals surface area (Å²) < 4.78 is 12.8. The van der Waals surface area contributed by atoms with Crippen molar-refractivity contribution in [1.29, 1.82) is 0 Å². The summed E-state index contributed by atoms with van der Waals surface area (Å²) in [6, 6.07) is 8.72. The highest BCUT2D eigenvalue weighted by Crippen LogP contribution is 2.42. The lowest BCUT2D eigenvalue weighted by Crippen LogP contribution is -2.05. The van der Waals surface area contributed by atoms with Gasteiger partial charge in [0.15, 0.2) is 0 Å². The lowest BCUT2D eigenvalue weighted by atomic mass is 10.1. The topological polar surface area (TPSA) is 27.8 Å². The van der Waals surface area contributed by atoms with Gasteiger partial charge in [0.2, 0.25) is 0 Å². The minimum absolute atomic E-state index is 0.0904. The van der Waals surface area contributed by atoms with Gasteiger partial charge in [0.05, 0.1) is 5.38 Å².